The summed E-state index contributed by atoms with van der Waals surface area (Å²) in [5.74, 6) is -2.08. The van der Waals surface area contributed by atoms with E-state index in [1.54, 1.807) is 30.3 Å². The van der Waals surface area contributed by atoms with Crippen molar-refractivity contribution in [1.82, 2.24) is 15.1 Å². The van der Waals surface area contributed by atoms with Crippen LogP contribution in [-0.4, -0.2) is 69.8 Å². The minimum absolute atomic E-state index is 0.0355. The molecule has 150 valence electrons. The zero-order valence-corrected chi connectivity index (χ0v) is 15.8. The van der Waals surface area contributed by atoms with E-state index in [0.29, 0.717) is 24.9 Å². The third kappa shape index (κ3) is 4.16. The lowest BCUT2D eigenvalue weighted by Crippen LogP contribution is -2.66. The van der Waals surface area contributed by atoms with Crippen molar-refractivity contribution in [3.63, 3.8) is 0 Å². The van der Waals surface area contributed by atoms with Crippen LogP contribution in [0, 0.1) is 0 Å². The number of carbonyl (C=O) groups is 4. The van der Waals surface area contributed by atoms with Crippen LogP contribution in [-0.2, 0) is 14.4 Å². The first-order valence-electron chi connectivity index (χ1n) is 9.55. The van der Waals surface area contributed by atoms with Gasteiger partial charge in [0.25, 0.3) is 5.91 Å². The van der Waals surface area contributed by atoms with Crippen LogP contribution in [0.3, 0.4) is 0 Å². The summed E-state index contributed by atoms with van der Waals surface area (Å²) in [5, 5.41) is 12.5. The number of piperazine rings is 1. The topological polar surface area (TPSA) is 107 Å². The summed E-state index contributed by atoms with van der Waals surface area (Å²) < 4.78 is 0. The molecule has 0 unspecified atom stereocenters. The zero-order valence-electron chi connectivity index (χ0n) is 15.8. The number of hydrogen-bond donors (Lipinski definition) is 2. The quantitative estimate of drug-likeness (QED) is 0.800. The molecule has 0 bridgehead atoms. The Morgan fingerprint density at radius 2 is 1.75 bits per heavy atom. The summed E-state index contributed by atoms with van der Waals surface area (Å²) in [6.07, 6.45) is 2.64. The highest BCUT2D eigenvalue weighted by molar-refractivity contribution is 5.98. The molecule has 8 heteroatoms. The Morgan fingerprint density at radius 3 is 2.39 bits per heavy atom. The van der Waals surface area contributed by atoms with Gasteiger partial charge in [-0.25, -0.2) is 4.79 Å². The monoisotopic (exact) mass is 387 g/mol. The lowest BCUT2D eigenvalue weighted by Gasteiger charge is -2.47. The van der Waals surface area contributed by atoms with E-state index in [4.69, 9.17) is 0 Å². The van der Waals surface area contributed by atoms with Crippen molar-refractivity contribution in [1.29, 1.82) is 0 Å². The van der Waals surface area contributed by atoms with Crippen LogP contribution in [0.15, 0.2) is 30.3 Å². The Labute approximate surface area is 163 Å². The summed E-state index contributed by atoms with van der Waals surface area (Å²) in [6.45, 7) is 1.69. The Hall–Kier alpha value is -2.90. The molecule has 0 spiro atoms. The van der Waals surface area contributed by atoms with Crippen molar-refractivity contribution in [3.05, 3.63) is 35.9 Å². The first-order chi connectivity index (χ1) is 13.4. The van der Waals surface area contributed by atoms with Crippen LogP contribution in [0.4, 0.5) is 0 Å². The molecule has 2 aliphatic rings. The number of benzene rings is 1. The van der Waals surface area contributed by atoms with Gasteiger partial charge in [-0.1, -0.05) is 31.0 Å². The average molecular weight is 387 g/mol. The van der Waals surface area contributed by atoms with Crippen molar-refractivity contribution >= 4 is 23.7 Å². The van der Waals surface area contributed by atoms with Crippen LogP contribution in [0.1, 0.15) is 43.0 Å². The molecule has 0 aliphatic carbocycles. The maximum atomic E-state index is 13.2. The molecule has 2 saturated heterocycles. The molecule has 28 heavy (non-hydrogen) atoms. The molecule has 3 amide bonds. The fourth-order valence-corrected chi connectivity index (χ4v) is 3.98. The second-order valence-electron chi connectivity index (χ2n) is 7.35. The highest BCUT2D eigenvalue weighted by Gasteiger charge is 2.44. The number of amides is 3. The number of carboxylic acids is 1. The molecule has 2 N–H and O–H groups in total. The molecule has 1 aromatic rings. The molecule has 3 rings (SSSR count). The molecule has 0 radical (unpaired) electrons. The number of nitrogens with zero attached hydrogens (tertiary/aromatic N) is 2. The molecular formula is C20H25N3O5. The second kappa shape index (κ2) is 8.41. The number of rotatable bonds is 3. The molecule has 8 nitrogen and oxygen atoms in total. The van der Waals surface area contributed by atoms with E-state index in [2.05, 4.69) is 5.32 Å². The molecular weight excluding hydrogens is 362 g/mol. The minimum atomic E-state index is -1.14. The number of nitrogens with one attached hydrogen (secondary N) is 1. The average Bonchev–Trinajstić information content (AvgIpc) is 2.68. The second-order valence-corrected chi connectivity index (χ2v) is 7.35. The molecule has 0 aromatic heterocycles. The van der Waals surface area contributed by atoms with Gasteiger partial charge < -0.3 is 20.2 Å². The molecule has 2 aliphatic heterocycles. The lowest BCUT2D eigenvalue weighted by molar-refractivity contribution is -0.161. The van der Waals surface area contributed by atoms with Gasteiger partial charge in [0.1, 0.15) is 12.1 Å². The summed E-state index contributed by atoms with van der Waals surface area (Å²) in [4.78, 5) is 52.3. The Bertz CT molecular complexity index is 766. The zero-order chi connectivity index (χ0) is 20.3. The van der Waals surface area contributed by atoms with E-state index in [1.165, 1.54) is 16.7 Å². The highest BCUT2D eigenvalue weighted by Crippen LogP contribution is 2.26. The van der Waals surface area contributed by atoms with Crippen molar-refractivity contribution in [2.24, 2.45) is 0 Å². The number of carbonyl (C=O) groups excluding carboxylic acids is 3. The Balaban J connectivity index is 1.83. The van der Waals surface area contributed by atoms with Gasteiger partial charge in [0.15, 0.2) is 0 Å². The number of aliphatic carboxylic acids is 1. The lowest BCUT2D eigenvalue weighted by atomic mass is 9.93. The number of fused-ring (bicyclic) bond motifs is 1. The minimum Gasteiger partial charge on any atom is -0.480 e. The van der Waals surface area contributed by atoms with Crippen molar-refractivity contribution in [2.45, 2.75) is 50.7 Å². The van der Waals surface area contributed by atoms with Gasteiger partial charge >= 0.3 is 5.97 Å². The molecule has 1 aromatic carbocycles. The van der Waals surface area contributed by atoms with Crippen molar-refractivity contribution < 1.29 is 24.3 Å². The first kappa shape index (κ1) is 19.9. The molecule has 2 heterocycles. The van der Waals surface area contributed by atoms with E-state index < -0.39 is 18.1 Å². The van der Waals surface area contributed by atoms with Crippen LogP contribution >= 0.6 is 0 Å². The van der Waals surface area contributed by atoms with Crippen LogP contribution in [0.5, 0.6) is 0 Å². The standard InChI is InChI=1S/C20H25N3O5/c1-13(24)22-11-15-9-5-6-10-16(19(26)23(15)17(12-22)20(27)28)21-18(25)14-7-3-2-4-8-14/h2-4,7-8,15-17H,5-6,9-12H2,1H3,(H,21,25)(H,27,28)/t15-,16-,17-/m0/s1. The highest BCUT2D eigenvalue weighted by atomic mass is 16.4. The fourth-order valence-electron chi connectivity index (χ4n) is 3.98. The SMILES string of the molecule is CC(=O)N1C[C@@H]2CCCC[C@H](NC(=O)c3ccccc3)C(=O)N2[C@H](C(=O)O)C1. The van der Waals surface area contributed by atoms with E-state index in [0.717, 1.165) is 12.8 Å². The normalized spacial score (nSPS) is 25.3. The fraction of sp³-hybridized carbons (Fsp3) is 0.500. The van der Waals surface area contributed by atoms with Crippen LogP contribution in [0.25, 0.3) is 0 Å². The summed E-state index contributed by atoms with van der Waals surface area (Å²) >= 11 is 0. The summed E-state index contributed by atoms with van der Waals surface area (Å²) in [5.41, 5.74) is 0.449. The van der Waals surface area contributed by atoms with Gasteiger partial charge in [0.2, 0.25) is 11.8 Å². The molecule has 0 saturated carbocycles. The van der Waals surface area contributed by atoms with Gasteiger partial charge in [-0.2, -0.15) is 0 Å². The summed E-state index contributed by atoms with van der Waals surface area (Å²) in [7, 11) is 0. The smallest absolute Gasteiger partial charge is 0.328 e. The number of hydrogen-bond acceptors (Lipinski definition) is 4. The van der Waals surface area contributed by atoms with E-state index in [1.807, 2.05) is 0 Å². The maximum Gasteiger partial charge on any atom is 0.328 e. The van der Waals surface area contributed by atoms with E-state index in [9.17, 15) is 24.3 Å². The van der Waals surface area contributed by atoms with Crippen molar-refractivity contribution in [2.75, 3.05) is 13.1 Å². The third-order valence-corrected chi connectivity index (χ3v) is 5.46. The largest absolute Gasteiger partial charge is 0.480 e. The number of carboxylic acid groups (broad SMARTS) is 1. The van der Waals surface area contributed by atoms with Gasteiger partial charge in [0.05, 0.1) is 12.6 Å². The Kier molecular flexibility index (Phi) is 5.96. The van der Waals surface area contributed by atoms with Crippen LogP contribution < -0.4 is 5.32 Å². The van der Waals surface area contributed by atoms with Gasteiger partial charge in [-0.3, -0.25) is 14.4 Å². The van der Waals surface area contributed by atoms with E-state index in [-0.39, 0.29) is 30.3 Å². The summed E-state index contributed by atoms with van der Waals surface area (Å²) in [6, 6.07) is 6.37. The van der Waals surface area contributed by atoms with Crippen molar-refractivity contribution in [3.8, 4) is 0 Å². The van der Waals surface area contributed by atoms with E-state index >= 15 is 0 Å². The predicted molar refractivity (Wildman–Crippen MR) is 100 cm³/mol. The Morgan fingerprint density at radius 1 is 1.07 bits per heavy atom. The van der Waals surface area contributed by atoms with Crippen LogP contribution in [0.2, 0.25) is 0 Å². The predicted octanol–water partition coefficient (Wildman–Crippen LogP) is 0.872. The maximum absolute atomic E-state index is 13.2. The first-order valence-corrected chi connectivity index (χ1v) is 9.55. The molecule has 3 atom stereocenters. The van der Waals surface area contributed by atoms with Gasteiger partial charge in [-0.05, 0) is 25.0 Å². The third-order valence-electron chi connectivity index (χ3n) is 5.46. The molecule has 2 fully saturated rings. The van der Waals surface area contributed by atoms with Gasteiger partial charge in [0, 0.05) is 19.0 Å². The van der Waals surface area contributed by atoms with Gasteiger partial charge in [-0.15, -0.1) is 0 Å².